The molecule has 7 N–H and O–H groups in total. The van der Waals surface area contributed by atoms with E-state index in [-0.39, 0.29) is 19.3 Å². The van der Waals surface area contributed by atoms with Crippen molar-refractivity contribution in [3.05, 3.63) is 71.9 Å². The number of nitrogens with one attached hydrogen (secondary N) is 4. The molecule has 5 amide bonds. The molecule has 3 aromatic rings. The van der Waals surface area contributed by atoms with Gasteiger partial charge in [0.1, 0.15) is 30.6 Å². The molecule has 1 aromatic heterocycles. The standard InChI is InChI=1S/C35H44N6O9/c1-4-5-15-28(34(48)40-26(18-30(43)44)33(47)39-25(32(36)46)16-21-11-7-6-8-12-21)41(2)35(49)27(38-29(42)19-31(45)50-3)17-22-20-37-24-14-10-9-13-23(22)24/h6-14,20,25-28,37H,4-5,15-19H2,1-3H3,(H2,36,46)(H,38,42)(H,39,47)(H,40,48)(H,43,44)/t25-,26-,27-,28-/m0/s1. The maximum absolute atomic E-state index is 14.1. The van der Waals surface area contributed by atoms with E-state index in [1.165, 1.54) is 7.05 Å². The van der Waals surface area contributed by atoms with Crippen LogP contribution in [-0.2, 0) is 51.1 Å². The van der Waals surface area contributed by atoms with Gasteiger partial charge in [-0.1, -0.05) is 68.3 Å². The summed E-state index contributed by atoms with van der Waals surface area (Å²) in [4.78, 5) is 94.0. The average molecular weight is 693 g/mol. The average Bonchev–Trinajstić information content (AvgIpc) is 3.49. The zero-order valence-corrected chi connectivity index (χ0v) is 28.3. The predicted molar refractivity (Wildman–Crippen MR) is 182 cm³/mol. The molecule has 0 aliphatic carbocycles. The molecule has 4 atom stereocenters. The molecule has 0 saturated carbocycles. The van der Waals surface area contributed by atoms with Gasteiger partial charge in [0, 0.05) is 37.0 Å². The molecule has 0 bridgehead atoms. The number of ether oxygens (including phenoxy) is 1. The molecule has 2 aromatic carbocycles. The van der Waals surface area contributed by atoms with Crippen LogP contribution in [0.5, 0.6) is 0 Å². The summed E-state index contributed by atoms with van der Waals surface area (Å²) < 4.78 is 4.59. The number of H-pyrrole nitrogens is 1. The molecule has 15 nitrogen and oxygen atoms in total. The van der Waals surface area contributed by atoms with Crippen LogP contribution < -0.4 is 21.7 Å². The van der Waals surface area contributed by atoms with Crippen LogP contribution >= 0.6 is 0 Å². The number of nitrogens with two attached hydrogens (primary N) is 1. The smallest absolute Gasteiger partial charge is 0.315 e. The zero-order chi connectivity index (χ0) is 36.8. The lowest BCUT2D eigenvalue weighted by Gasteiger charge is -2.32. The van der Waals surface area contributed by atoms with E-state index in [9.17, 15) is 38.7 Å². The molecule has 0 unspecified atom stereocenters. The number of fused-ring (bicyclic) bond motifs is 1. The second-order valence-electron chi connectivity index (χ2n) is 11.9. The molecule has 0 aliphatic heterocycles. The summed E-state index contributed by atoms with van der Waals surface area (Å²) in [7, 11) is 2.50. The lowest BCUT2D eigenvalue weighted by Crippen LogP contribution is -2.59. The maximum atomic E-state index is 14.1. The van der Waals surface area contributed by atoms with E-state index in [2.05, 4.69) is 25.7 Å². The molecule has 0 aliphatic rings. The zero-order valence-electron chi connectivity index (χ0n) is 28.3. The first kappa shape index (κ1) is 38.7. The van der Waals surface area contributed by atoms with Crippen molar-refractivity contribution < 1.29 is 43.4 Å². The van der Waals surface area contributed by atoms with Gasteiger partial charge in [0.2, 0.25) is 29.5 Å². The van der Waals surface area contributed by atoms with Crippen molar-refractivity contribution in [1.29, 1.82) is 0 Å². The number of carboxylic acids is 1. The highest BCUT2D eigenvalue weighted by molar-refractivity contribution is 5.99. The lowest BCUT2D eigenvalue weighted by atomic mass is 10.0. The topological polar surface area (TPSA) is 230 Å². The van der Waals surface area contributed by atoms with Crippen molar-refractivity contribution in [2.45, 2.75) is 76.0 Å². The van der Waals surface area contributed by atoms with E-state index < -0.39 is 78.5 Å². The van der Waals surface area contributed by atoms with Gasteiger partial charge in [-0.3, -0.25) is 33.6 Å². The fourth-order valence-electron chi connectivity index (χ4n) is 5.46. The summed E-state index contributed by atoms with van der Waals surface area (Å²) in [5, 5.41) is 17.9. The number of benzene rings is 2. The maximum Gasteiger partial charge on any atom is 0.315 e. The number of hydrogen-bond donors (Lipinski definition) is 6. The first-order chi connectivity index (χ1) is 23.8. The Morgan fingerprint density at radius 3 is 2.18 bits per heavy atom. The van der Waals surface area contributed by atoms with Crippen LogP contribution in [0.3, 0.4) is 0 Å². The SMILES string of the molecule is CCCC[C@@H](C(=O)N[C@@H](CC(=O)O)C(=O)N[C@@H](Cc1ccccc1)C(N)=O)N(C)C(=O)[C@H](Cc1c[nH]c2ccccc12)NC(=O)CC(=O)OC. The molecule has 50 heavy (non-hydrogen) atoms. The molecule has 1 heterocycles. The number of hydrogen-bond acceptors (Lipinski definition) is 8. The van der Waals surface area contributed by atoms with Crippen LogP contribution in [0.25, 0.3) is 10.9 Å². The number of likely N-dealkylation sites (N-methyl/N-ethyl adjacent to an activating group) is 1. The number of aliphatic carboxylic acids is 1. The molecular formula is C35H44N6O9. The van der Waals surface area contributed by atoms with Gasteiger partial charge >= 0.3 is 11.9 Å². The molecule has 268 valence electrons. The molecule has 3 rings (SSSR count). The van der Waals surface area contributed by atoms with Gasteiger partial charge in [-0.2, -0.15) is 0 Å². The number of para-hydroxylation sites is 1. The molecule has 0 spiro atoms. The number of carboxylic acid groups (broad SMARTS) is 1. The highest BCUT2D eigenvalue weighted by Crippen LogP contribution is 2.21. The Balaban J connectivity index is 1.86. The summed E-state index contributed by atoms with van der Waals surface area (Å²) in [5.41, 5.74) is 7.71. The summed E-state index contributed by atoms with van der Waals surface area (Å²) >= 11 is 0. The monoisotopic (exact) mass is 692 g/mol. The van der Waals surface area contributed by atoms with Crippen molar-refractivity contribution in [2.75, 3.05) is 14.2 Å². The summed E-state index contributed by atoms with van der Waals surface area (Å²) in [6, 6.07) is 10.8. The number of rotatable bonds is 19. The number of carbonyl (C=O) groups is 7. The van der Waals surface area contributed by atoms with Crippen molar-refractivity contribution in [1.82, 2.24) is 25.8 Å². The highest BCUT2D eigenvalue weighted by atomic mass is 16.5. The van der Waals surface area contributed by atoms with Gasteiger partial charge in [0.05, 0.1) is 13.5 Å². The summed E-state index contributed by atoms with van der Waals surface area (Å²) in [6.45, 7) is 1.88. The van der Waals surface area contributed by atoms with Crippen molar-refractivity contribution >= 4 is 52.4 Å². The third kappa shape index (κ3) is 11.2. The third-order valence-corrected chi connectivity index (χ3v) is 8.17. The minimum atomic E-state index is -1.62. The number of nitrogens with zero attached hydrogens (tertiary/aromatic N) is 1. The molecule has 15 heteroatoms. The number of esters is 1. The second-order valence-corrected chi connectivity index (χ2v) is 11.9. The van der Waals surface area contributed by atoms with E-state index in [1.807, 2.05) is 31.2 Å². The van der Waals surface area contributed by atoms with Crippen LogP contribution in [0.2, 0.25) is 0 Å². The Hall–Kier alpha value is -5.73. The van der Waals surface area contributed by atoms with Crippen molar-refractivity contribution in [3.63, 3.8) is 0 Å². The van der Waals surface area contributed by atoms with Crippen molar-refractivity contribution in [3.8, 4) is 0 Å². The fourth-order valence-corrected chi connectivity index (χ4v) is 5.46. The Morgan fingerprint density at radius 2 is 1.54 bits per heavy atom. The van der Waals surface area contributed by atoms with Gasteiger partial charge in [0.25, 0.3) is 0 Å². The van der Waals surface area contributed by atoms with Crippen LogP contribution in [0.4, 0.5) is 0 Å². The minimum Gasteiger partial charge on any atom is -0.481 e. The van der Waals surface area contributed by atoms with Gasteiger partial charge in [-0.05, 0) is 23.6 Å². The van der Waals surface area contributed by atoms with Crippen LogP contribution in [0, 0.1) is 0 Å². The Labute approximate surface area is 289 Å². The van der Waals surface area contributed by atoms with E-state index in [1.54, 1.807) is 36.5 Å². The number of amides is 5. The Bertz CT molecular complexity index is 1680. The van der Waals surface area contributed by atoms with Crippen molar-refractivity contribution in [2.24, 2.45) is 5.73 Å². The first-order valence-electron chi connectivity index (χ1n) is 16.2. The minimum absolute atomic E-state index is 0.00216. The van der Waals surface area contributed by atoms with E-state index >= 15 is 0 Å². The van der Waals surface area contributed by atoms with Crippen LogP contribution in [0.1, 0.15) is 50.2 Å². The quantitative estimate of drug-likeness (QED) is 0.0775. The number of methoxy groups -OCH3 is 1. The number of unbranched alkanes of at least 4 members (excludes halogenated alkanes) is 1. The number of aromatic nitrogens is 1. The largest absolute Gasteiger partial charge is 0.481 e. The van der Waals surface area contributed by atoms with Gasteiger partial charge in [0.15, 0.2) is 0 Å². The Kier molecular flexibility index (Phi) is 14.5. The van der Waals surface area contributed by atoms with Gasteiger partial charge in [-0.25, -0.2) is 0 Å². The van der Waals surface area contributed by atoms with E-state index in [0.717, 1.165) is 22.9 Å². The fraction of sp³-hybridized carbons (Fsp3) is 0.400. The van der Waals surface area contributed by atoms with Gasteiger partial charge in [-0.15, -0.1) is 0 Å². The lowest BCUT2D eigenvalue weighted by molar-refractivity contribution is -0.146. The molecule has 0 radical (unpaired) electrons. The Morgan fingerprint density at radius 1 is 0.880 bits per heavy atom. The second kappa shape index (κ2) is 18.7. The van der Waals surface area contributed by atoms with Crippen LogP contribution in [-0.4, -0.2) is 94.8 Å². The molecular weight excluding hydrogens is 648 g/mol. The van der Waals surface area contributed by atoms with E-state index in [4.69, 9.17) is 5.73 Å². The number of primary amides is 1. The number of aromatic amines is 1. The van der Waals surface area contributed by atoms with Crippen LogP contribution in [0.15, 0.2) is 60.8 Å². The molecule has 0 fully saturated rings. The number of carbonyl (C=O) groups excluding carboxylic acids is 6. The highest BCUT2D eigenvalue weighted by Gasteiger charge is 2.35. The normalized spacial score (nSPS) is 13.3. The summed E-state index contributed by atoms with van der Waals surface area (Å²) in [6.07, 6.45) is 1.53. The predicted octanol–water partition coefficient (Wildman–Crippen LogP) is 0.948. The van der Waals surface area contributed by atoms with E-state index in [0.29, 0.717) is 24.0 Å². The summed E-state index contributed by atoms with van der Waals surface area (Å²) in [5.74, 6) is -6.26. The first-order valence-corrected chi connectivity index (χ1v) is 16.2. The van der Waals surface area contributed by atoms with Gasteiger partial charge < -0.3 is 41.4 Å². The molecule has 0 saturated heterocycles. The third-order valence-electron chi connectivity index (χ3n) is 8.17.